The van der Waals surface area contributed by atoms with Crippen molar-refractivity contribution in [3.63, 3.8) is 0 Å². The maximum Gasteiger partial charge on any atom is 0.264 e. The number of rotatable bonds is 6. The number of hydrogen-bond donors (Lipinski definition) is 1. The number of aromatic nitrogens is 2. The second kappa shape index (κ2) is 9.10. The van der Waals surface area contributed by atoms with Gasteiger partial charge in [-0.05, 0) is 54.8 Å². The van der Waals surface area contributed by atoms with E-state index in [1.54, 1.807) is 18.5 Å². The molecule has 0 atom stereocenters. The van der Waals surface area contributed by atoms with Crippen LogP contribution in [-0.4, -0.2) is 38.6 Å². The molecule has 0 spiro atoms. The van der Waals surface area contributed by atoms with Crippen LogP contribution in [0.4, 0.5) is 20.2 Å². The van der Waals surface area contributed by atoms with Crippen molar-refractivity contribution in [3.8, 4) is 17.0 Å². The van der Waals surface area contributed by atoms with Crippen molar-refractivity contribution < 1.29 is 21.9 Å². The van der Waals surface area contributed by atoms with Crippen LogP contribution in [0, 0.1) is 11.6 Å². The average molecular weight is 497 g/mol. The van der Waals surface area contributed by atoms with Crippen LogP contribution in [-0.2, 0) is 10.0 Å². The van der Waals surface area contributed by atoms with Gasteiger partial charge >= 0.3 is 0 Å². The zero-order chi connectivity index (χ0) is 24.6. The Balaban J connectivity index is 1.55. The standard InChI is InChI=1S/C25H22F2N4O3S/c1-34-25-22(30-35(32,33)24-7-5-18(26)14-20(24)27)13-17(15-29-25)16-4-6-21-19(12-16)23(8-9-28-21)31-10-2-3-11-31/h4-9,12-15,30H,2-3,10-11H2,1H3. The lowest BCUT2D eigenvalue weighted by Crippen LogP contribution is -2.17. The monoisotopic (exact) mass is 496 g/mol. The molecule has 1 aliphatic heterocycles. The number of nitrogens with zero attached hydrogens (tertiary/aromatic N) is 3. The van der Waals surface area contributed by atoms with E-state index < -0.39 is 26.6 Å². The number of ether oxygens (including phenoxy) is 1. The van der Waals surface area contributed by atoms with E-state index in [0.717, 1.165) is 60.2 Å². The van der Waals surface area contributed by atoms with E-state index in [9.17, 15) is 17.2 Å². The van der Waals surface area contributed by atoms with Crippen LogP contribution in [0.2, 0.25) is 0 Å². The number of methoxy groups -OCH3 is 1. The number of pyridine rings is 2. The number of fused-ring (bicyclic) bond motifs is 1. The highest BCUT2D eigenvalue weighted by Crippen LogP contribution is 2.34. The molecular formula is C25H22F2N4O3S. The summed E-state index contributed by atoms with van der Waals surface area (Å²) in [6.45, 7) is 1.97. The van der Waals surface area contributed by atoms with Crippen molar-refractivity contribution in [1.82, 2.24) is 9.97 Å². The minimum absolute atomic E-state index is 0.0139. The minimum Gasteiger partial charge on any atom is -0.480 e. The van der Waals surface area contributed by atoms with Crippen LogP contribution in [0.5, 0.6) is 5.88 Å². The Hall–Kier alpha value is -3.79. The molecule has 0 bridgehead atoms. The van der Waals surface area contributed by atoms with Crippen LogP contribution in [0.15, 0.2) is 65.8 Å². The highest BCUT2D eigenvalue weighted by Gasteiger charge is 2.22. The van der Waals surface area contributed by atoms with Crippen molar-refractivity contribution in [2.75, 3.05) is 29.8 Å². The Morgan fingerprint density at radius 2 is 1.77 bits per heavy atom. The van der Waals surface area contributed by atoms with Gasteiger partial charge in [0.25, 0.3) is 10.0 Å². The van der Waals surface area contributed by atoms with Gasteiger partial charge in [0, 0.05) is 48.2 Å². The summed E-state index contributed by atoms with van der Waals surface area (Å²) in [5, 5.41) is 0.984. The fourth-order valence-corrected chi connectivity index (χ4v) is 5.39. The minimum atomic E-state index is -4.37. The molecule has 0 saturated carbocycles. The molecule has 0 unspecified atom stereocenters. The molecule has 3 heterocycles. The second-order valence-corrected chi connectivity index (χ2v) is 9.87. The number of nitrogens with one attached hydrogen (secondary N) is 1. The van der Waals surface area contributed by atoms with E-state index >= 15 is 0 Å². The lowest BCUT2D eigenvalue weighted by Gasteiger charge is -2.20. The van der Waals surface area contributed by atoms with Crippen molar-refractivity contribution in [2.45, 2.75) is 17.7 Å². The summed E-state index contributed by atoms with van der Waals surface area (Å²) in [5.74, 6) is -2.06. The summed E-state index contributed by atoms with van der Waals surface area (Å²) in [5.41, 5.74) is 3.41. The number of benzene rings is 2. The summed E-state index contributed by atoms with van der Waals surface area (Å²) in [6, 6.07) is 11.6. The molecule has 4 aromatic rings. The Morgan fingerprint density at radius 3 is 2.51 bits per heavy atom. The second-order valence-electron chi connectivity index (χ2n) is 8.22. The lowest BCUT2D eigenvalue weighted by molar-refractivity contribution is 0.400. The molecule has 180 valence electrons. The smallest absolute Gasteiger partial charge is 0.264 e. The van der Waals surface area contributed by atoms with Gasteiger partial charge in [0.2, 0.25) is 5.88 Å². The Morgan fingerprint density at radius 1 is 0.971 bits per heavy atom. The summed E-state index contributed by atoms with van der Waals surface area (Å²) in [6.07, 6.45) is 5.66. The van der Waals surface area contributed by atoms with Gasteiger partial charge in [0.05, 0.1) is 12.6 Å². The van der Waals surface area contributed by atoms with Crippen LogP contribution >= 0.6 is 0 Å². The van der Waals surface area contributed by atoms with E-state index in [-0.39, 0.29) is 11.6 Å². The predicted octanol–water partition coefficient (Wildman–Crippen LogP) is 4.98. The number of hydrogen-bond acceptors (Lipinski definition) is 6. The third kappa shape index (κ3) is 4.49. The van der Waals surface area contributed by atoms with E-state index in [0.29, 0.717) is 11.6 Å². The summed E-state index contributed by atoms with van der Waals surface area (Å²) in [4.78, 5) is 10.4. The number of sulfonamides is 1. The van der Waals surface area contributed by atoms with E-state index in [1.807, 2.05) is 24.3 Å². The van der Waals surface area contributed by atoms with Crippen LogP contribution in [0.25, 0.3) is 22.0 Å². The van der Waals surface area contributed by atoms with Gasteiger partial charge in [-0.25, -0.2) is 22.2 Å². The molecule has 0 aliphatic carbocycles. The van der Waals surface area contributed by atoms with Gasteiger partial charge in [0.1, 0.15) is 22.2 Å². The fourth-order valence-electron chi connectivity index (χ4n) is 4.28. The molecular weight excluding hydrogens is 474 g/mol. The molecule has 5 rings (SSSR count). The molecule has 1 fully saturated rings. The lowest BCUT2D eigenvalue weighted by atomic mass is 10.0. The maximum absolute atomic E-state index is 14.2. The average Bonchev–Trinajstić information content (AvgIpc) is 3.37. The highest BCUT2D eigenvalue weighted by atomic mass is 32.2. The van der Waals surface area contributed by atoms with Gasteiger partial charge < -0.3 is 9.64 Å². The Labute approximate surface area is 201 Å². The summed E-state index contributed by atoms with van der Waals surface area (Å²) < 4.78 is 60.7. The van der Waals surface area contributed by atoms with E-state index in [2.05, 4.69) is 19.6 Å². The van der Waals surface area contributed by atoms with Gasteiger partial charge in [0.15, 0.2) is 0 Å². The molecule has 2 aromatic heterocycles. The van der Waals surface area contributed by atoms with E-state index in [1.165, 1.54) is 7.11 Å². The Bertz CT molecular complexity index is 1520. The van der Waals surface area contributed by atoms with Crippen molar-refractivity contribution >= 4 is 32.3 Å². The topological polar surface area (TPSA) is 84.4 Å². The molecule has 0 radical (unpaired) electrons. The van der Waals surface area contributed by atoms with Crippen molar-refractivity contribution in [1.29, 1.82) is 0 Å². The SMILES string of the molecule is COc1ncc(-c2ccc3nccc(N4CCCC4)c3c2)cc1NS(=O)(=O)c1ccc(F)cc1F. The molecule has 1 aliphatic rings. The molecule has 1 N–H and O–H groups in total. The molecule has 1 saturated heterocycles. The normalized spacial score (nSPS) is 13.9. The van der Waals surface area contributed by atoms with Crippen molar-refractivity contribution in [3.05, 3.63) is 72.6 Å². The quantitative estimate of drug-likeness (QED) is 0.405. The first kappa shape index (κ1) is 23.0. The summed E-state index contributed by atoms with van der Waals surface area (Å²) >= 11 is 0. The maximum atomic E-state index is 14.2. The van der Waals surface area contributed by atoms with Crippen molar-refractivity contribution in [2.24, 2.45) is 0 Å². The molecule has 7 nitrogen and oxygen atoms in total. The highest BCUT2D eigenvalue weighted by molar-refractivity contribution is 7.92. The summed E-state index contributed by atoms with van der Waals surface area (Å²) in [7, 11) is -3.02. The Kier molecular flexibility index (Phi) is 5.98. The number of halogens is 2. The molecule has 0 amide bonds. The zero-order valence-corrected chi connectivity index (χ0v) is 19.6. The van der Waals surface area contributed by atoms with E-state index in [4.69, 9.17) is 4.74 Å². The third-order valence-corrected chi connectivity index (χ3v) is 7.37. The van der Waals surface area contributed by atoms with Gasteiger partial charge in [-0.1, -0.05) is 6.07 Å². The predicted molar refractivity (Wildman–Crippen MR) is 130 cm³/mol. The third-order valence-electron chi connectivity index (χ3n) is 5.97. The molecule has 10 heteroatoms. The zero-order valence-electron chi connectivity index (χ0n) is 18.8. The number of anilines is 2. The van der Waals surface area contributed by atoms with Gasteiger partial charge in [-0.2, -0.15) is 0 Å². The molecule has 35 heavy (non-hydrogen) atoms. The van der Waals surface area contributed by atoms with Gasteiger partial charge in [-0.3, -0.25) is 9.71 Å². The van der Waals surface area contributed by atoms with Crippen LogP contribution < -0.4 is 14.4 Å². The largest absolute Gasteiger partial charge is 0.480 e. The fraction of sp³-hybridized carbons (Fsp3) is 0.200. The van der Waals surface area contributed by atoms with Crippen LogP contribution in [0.1, 0.15) is 12.8 Å². The first-order valence-electron chi connectivity index (χ1n) is 11.0. The first-order valence-corrected chi connectivity index (χ1v) is 12.5. The van der Waals surface area contributed by atoms with Crippen LogP contribution in [0.3, 0.4) is 0 Å². The first-order chi connectivity index (χ1) is 16.9. The van der Waals surface area contributed by atoms with Gasteiger partial charge in [-0.15, -0.1) is 0 Å². The molecule has 2 aromatic carbocycles.